The highest BCUT2D eigenvalue weighted by atomic mass is 16.5. The first-order chi connectivity index (χ1) is 11.2. The van der Waals surface area contributed by atoms with Crippen LogP contribution in [0.4, 0.5) is 5.69 Å². The summed E-state index contributed by atoms with van der Waals surface area (Å²) in [6.07, 6.45) is 0. The summed E-state index contributed by atoms with van der Waals surface area (Å²) >= 11 is 0. The standard InChI is InChI=1S/C16H15N5O2/c1-21-15(18-19-20-21)11-23-14-10-6-5-9-13(14)16(22)17-12-7-3-2-4-8-12/h2-10H,11H2,1H3,(H,17,22). The van der Waals surface area contributed by atoms with Crippen molar-refractivity contribution in [2.75, 3.05) is 5.32 Å². The zero-order chi connectivity index (χ0) is 16.1. The lowest BCUT2D eigenvalue weighted by molar-refractivity contribution is 0.102. The van der Waals surface area contributed by atoms with Gasteiger partial charge in [-0.3, -0.25) is 4.79 Å². The van der Waals surface area contributed by atoms with Crippen LogP contribution < -0.4 is 10.1 Å². The second kappa shape index (κ2) is 6.69. The molecule has 7 heteroatoms. The van der Waals surface area contributed by atoms with Gasteiger partial charge in [0, 0.05) is 12.7 Å². The van der Waals surface area contributed by atoms with Crippen LogP contribution in [0.2, 0.25) is 0 Å². The third kappa shape index (κ3) is 3.52. The molecule has 1 N–H and O–H groups in total. The molecule has 116 valence electrons. The van der Waals surface area contributed by atoms with Crippen LogP contribution in [0.25, 0.3) is 0 Å². The molecule has 3 aromatic rings. The van der Waals surface area contributed by atoms with Crippen molar-refractivity contribution in [2.24, 2.45) is 7.05 Å². The predicted octanol–water partition coefficient (Wildman–Crippen LogP) is 2.04. The van der Waals surface area contributed by atoms with Crippen molar-refractivity contribution in [3.05, 3.63) is 66.0 Å². The molecule has 3 rings (SSSR count). The Labute approximate surface area is 132 Å². The molecule has 0 radical (unpaired) electrons. The number of nitrogens with zero attached hydrogens (tertiary/aromatic N) is 4. The van der Waals surface area contributed by atoms with E-state index < -0.39 is 0 Å². The van der Waals surface area contributed by atoms with Gasteiger partial charge in [0.25, 0.3) is 5.91 Å². The van der Waals surface area contributed by atoms with Crippen molar-refractivity contribution in [3.63, 3.8) is 0 Å². The number of nitrogens with one attached hydrogen (secondary N) is 1. The fourth-order valence-corrected chi connectivity index (χ4v) is 2.01. The third-order valence-electron chi connectivity index (χ3n) is 3.23. The Balaban J connectivity index is 1.75. The zero-order valence-corrected chi connectivity index (χ0v) is 12.5. The quantitative estimate of drug-likeness (QED) is 0.780. The van der Waals surface area contributed by atoms with Crippen molar-refractivity contribution in [1.29, 1.82) is 0 Å². The summed E-state index contributed by atoms with van der Waals surface area (Å²) in [5.41, 5.74) is 1.18. The molecular weight excluding hydrogens is 294 g/mol. The van der Waals surface area contributed by atoms with E-state index in [2.05, 4.69) is 20.8 Å². The van der Waals surface area contributed by atoms with E-state index in [-0.39, 0.29) is 12.5 Å². The lowest BCUT2D eigenvalue weighted by Crippen LogP contribution is -2.14. The molecule has 7 nitrogen and oxygen atoms in total. The maximum atomic E-state index is 12.4. The summed E-state index contributed by atoms with van der Waals surface area (Å²) in [7, 11) is 1.73. The summed E-state index contributed by atoms with van der Waals surface area (Å²) in [4.78, 5) is 12.4. The number of amides is 1. The SMILES string of the molecule is Cn1nnnc1COc1ccccc1C(=O)Nc1ccccc1. The normalized spacial score (nSPS) is 10.3. The van der Waals surface area contributed by atoms with Crippen LogP contribution in [-0.4, -0.2) is 26.1 Å². The number of aryl methyl sites for hydroxylation is 1. The van der Waals surface area contributed by atoms with Gasteiger partial charge in [-0.15, -0.1) is 5.10 Å². The van der Waals surface area contributed by atoms with Crippen LogP contribution in [0.3, 0.4) is 0 Å². The largest absolute Gasteiger partial charge is 0.485 e. The molecule has 1 amide bonds. The van der Waals surface area contributed by atoms with Crippen LogP contribution in [0.5, 0.6) is 5.75 Å². The maximum Gasteiger partial charge on any atom is 0.259 e. The van der Waals surface area contributed by atoms with Crippen molar-refractivity contribution in [2.45, 2.75) is 6.61 Å². The van der Waals surface area contributed by atoms with Gasteiger partial charge >= 0.3 is 0 Å². The highest BCUT2D eigenvalue weighted by Gasteiger charge is 2.13. The fourth-order valence-electron chi connectivity index (χ4n) is 2.01. The smallest absolute Gasteiger partial charge is 0.259 e. The fraction of sp³-hybridized carbons (Fsp3) is 0.125. The van der Waals surface area contributed by atoms with Gasteiger partial charge in [-0.25, -0.2) is 4.68 Å². The molecule has 0 unspecified atom stereocenters. The summed E-state index contributed by atoms with van der Waals surface area (Å²) in [6.45, 7) is 0.180. The van der Waals surface area contributed by atoms with E-state index in [1.54, 1.807) is 25.2 Å². The minimum atomic E-state index is -0.233. The van der Waals surface area contributed by atoms with Gasteiger partial charge in [0.15, 0.2) is 5.82 Å². The summed E-state index contributed by atoms with van der Waals surface area (Å²) < 4.78 is 7.22. The van der Waals surface area contributed by atoms with Crippen LogP contribution in [0, 0.1) is 0 Å². The zero-order valence-electron chi connectivity index (χ0n) is 12.5. The van der Waals surface area contributed by atoms with Crippen molar-refractivity contribution >= 4 is 11.6 Å². The Morgan fingerprint density at radius 3 is 2.61 bits per heavy atom. The number of benzene rings is 2. The van der Waals surface area contributed by atoms with E-state index in [0.717, 1.165) is 5.69 Å². The molecule has 0 saturated carbocycles. The molecule has 0 saturated heterocycles. The average molecular weight is 309 g/mol. The summed E-state index contributed by atoms with van der Waals surface area (Å²) in [5, 5.41) is 14.0. The predicted molar refractivity (Wildman–Crippen MR) is 84.0 cm³/mol. The first kappa shape index (κ1) is 14.7. The Hall–Kier alpha value is -3.22. The number of para-hydroxylation sites is 2. The molecule has 0 bridgehead atoms. The number of ether oxygens (including phenoxy) is 1. The van der Waals surface area contributed by atoms with Gasteiger partial charge in [-0.1, -0.05) is 30.3 Å². The Bertz CT molecular complexity index is 801. The molecule has 2 aromatic carbocycles. The summed E-state index contributed by atoms with van der Waals surface area (Å²) in [5.74, 6) is 0.815. The van der Waals surface area contributed by atoms with E-state index >= 15 is 0 Å². The highest BCUT2D eigenvalue weighted by Crippen LogP contribution is 2.20. The number of anilines is 1. The molecule has 0 spiro atoms. The molecular formula is C16H15N5O2. The molecule has 0 fully saturated rings. The monoisotopic (exact) mass is 309 g/mol. The number of tetrazole rings is 1. The number of aromatic nitrogens is 4. The van der Waals surface area contributed by atoms with E-state index in [1.165, 1.54) is 4.68 Å². The van der Waals surface area contributed by atoms with Gasteiger partial charge in [-0.05, 0) is 34.7 Å². The minimum Gasteiger partial charge on any atom is -0.485 e. The van der Waals surface area contributed by atoms with Gasteiger partial charge in [0.05, 0.1) is 5.56 Å². The second-order valence-electron chi connectivity index (χ2n) is 4.82. The molecule has 0 aliphatic rings. The molecule has 1 heterocycles. The summed E-state index contributed by atoms with van der Waals surface area (Å²) in [6, 6.07) is 16.3. The molecule has 0 aliphatic carbocycles. The third-order valence-corrected chi connectivity index (χ3v) is 3.23. The van der Waals surface area contributed by atoms with Crippen molar-refractivity contribution in [1.82, 2.24) is 20.2 Å². The Morgan fingerprint density at radius 2 is 1.87 bits per heavy atom. The van der Waals surface area contributed by atoms with Crippen LogP contribution in [-0.2, 0) is 13.7 Å². The first-order valence-corrected chi connectivity index (χ1v) is 7.03. The Morgan fingerprint density at radius 1 is 1.13 bits per heavy atom. The number of rotatable bonds is 5. The van der Waals surface area contributed by atoms with Crippen LogP contribution >= 0.6 is 0 Å². The van der Waals surface area contributed by atoms with E-state index in [0.29, 0.717) is 17.1 Å². The van der Waals surface area contributed by atoms with Gasteiger partial charge in [0.2, 0.25) is 0 Å². The van der Waals surface area contributed by atoms with E-state index in [9.17, 15) is 4.79 Å². The topological polar surface area (TPSA) is 81.9 Å². The minimum absolute atomic E-state index is 0.180. The molecule has 0 aliphatic heterocycles. The molecule has 1 aromatic heterocycles. The van der Waals surface area contributed by atoms with Gasteiger partial charge < -0.3 is 10.1 Å². The van der Waals surface area contributed by atoms with Gasteiger partial charge in [-0.2, -0.15) is 0 Å². The van der Waals surface area contributed by atoms with E-state index in [4.69, 9.17) is 4.74 Å². The van der Waals surface area contributed by atoms with Crippen molar-refractivity contribution < 1.29 is 9.53 Å². The second-order valence-corrected chi connectivity index (χ2v) is 4.82. The lowest BCUT2D eigenvalue weighted by Gasteiger charge is -2.11. The van der Waals surface area contributed by atoms with Crippen LogP contribution in [0.15, 0.2) is 54.6 Å². The first-order valence-electron chi connectivity index (χ1n) is 7.03. The lowest BCUT2D eigenvalue weighted by atomic mass is 10.2. The number of carbonyl (C=O) groups excluding carboxylic acids is 1. The number of hydrogen-bond acceptors (Lipinski definition) is 5. The average Bonchev–Trinajstić information content (AvgIpc) is 2.99. The van der Waals surface area contributed by atoms with E-state index in [1.807, 2.05) is 36.4 Å². The maximum absolute atomic E-state index is 12.4. The molecule has 0 atom stereocenters. The van der Waals surface area contributed by atoms with Crippen molar-refractivity contribution in [3.8, 4) is 5.75 Å². The number of hydrogen-bond donors (Lipinski definition) is 1. The number of carbonyl (C=O) groups is 1. The molecule has 23 heavy (non-hydrogen) atoms. The highest BCUT2D eigenvalue weighted by molar-refractivity contribution is 6.06. The Kier molecular flexibility index (Phi) is 4.28. The van der Waals surface area contributed by atoms with Gasteiger partial charge in [0.1, 0.15) is 12.4 Å². The van der Waals surface area contributed by atoms with Crippen LogP contribution in [0.1, 0.15) is 16.2 Å².